The molecule has 2 aromatic carbocycles. The number of carbonyl (C=O) groups excluding carboxylic acids is 2. The summed E-state index contributed by atoms with van der Waals surface area (Å²) in [5.74, 6) is 0.667. The van der Waals surface area contributed by atoms with E-state index in [2.05, 4.69) is 10.6 Å². The van der Waals surface area contributed by atoms with Crippen molar-refractivity contribution in [2.24, 2.45) is 0 Å². The number of carbonyl (C=O) groups is 2. The molecule has 3 amide bonds. The highest BCUT2D eigenvalue weighted by Gasteiger charge is 2.10. The molecule has 2 N–H and O–H groups in total. The van der Waals surface area contributed by atoms with E-state index in [1.165, 1.54) is 0 Å². The Kier molecular flexibility index (Phi) is 7.49. The number of amides is 3. The van der Waals surface area contributed by atoms with Crippen molar-refractivity contribution in [3.63, 3.8) is 0 Å². The monoisotopic (exact) mass is 355 g/mol. The lowest BCUT2D eigenvalue weighted by Gasteiger charge is -2.17. The Morgan fingerprint density at radius 3 is 2.58 bits per heavy atom. The van der Waals surface area contributed by atoms with E-state index in [1.807, 2.05) is 55.5 Å². The van der Waals surface area contributed by atoms with Gasteiger partial charge in [0, 0.05) is 19.3 Å². The Balaban J connectivity index is 1.62. The van der Waals surface area contributed by atoms with Gasteiger partial charge >= 0.3 is 6.03 Å². The van der Waals surface area contributed by atoms with Gasteiger partial charge in [-0.25, -0.2) is 4.79 Å². The van der Waals surface area contributed by atoms with Crippen LogP contribution >= 0.6 is 0 Å². The van der Waals surface area contributed by atoms with Gasteiger partial charge in [0.25, 0.3) is 0 Å². The molecule has 6 heteroatoms. The predicted octanol–water partition coefficient (Wildman–Crippen LogP) is 3.04. The second-order valence-electron chi connectivity index (χ2n) is 6.01. The number of nitrogens with one attached hydrogen (secondary N) is 2. The van der Waals surface area contributed by atoms with E-state index in [0.717, 1.165) is 11.3 Å². The van der Waals surface area contributed by atoms with Crippen molar-refractivity contribution in [1.82, 2.24) is 10.2 Å². The summed E-state index contributed by atoms with van der Waals surface area (Å²) in [7, 11) is 1.71. The summed E-state index contributed by atoms with van der Waals surface area (Å²) in [5.41, 5.74) is 1.75. The van der Waals surface area contributed by atoms with Crippen molar-refractivity contribution < 1.29 is 14.3 Å². The van der Waals surface area contributed by atoms with Crippen LogP contribution in [0.25, 0.3) is 0 Å². The fraction of sp³-hybridized carbons (Fsp3) is 0.300. The number of benzene rings is 2. The standard InChI is InChI=1S/C20H25N3O3/c1-16-8-6-9-17(14-16)22-20(25)21-15-19(24)23(2)12-7-13-26-18-10-4-3-5-11-18/h3-6,8-11,14H,7,12-13,15H2,1-2H3,(H2,21,22,25). The smallest absolute Gasteiger partial charge is 0.319 e. The maximum absolute atomic E-state index is 12.1. The quantitative estimate of drug-likeness (QED) is 0.715. The number of nitrogens with zero attached hydrogens (tertiary/aromatic N) is 1. The number of ether oxygens (including phenoxy) is 1. The maximum Gasteiger partial charge on any atom is 0.319 e. The van der Waals surface area contributed by atoms with Crippen molar-refractivity contribution in [2.45, 2.75) is 13.3 Å². The lowest BCUT2D eigenvalue weighted by atomic mass is 10.2. The third-order valence-electron chi connectivity index (χ3n) is 3.75. The number of rotatable bonds is 8. The molecule has 0 aliphatic rings. The second-order valence-corrected chi connectivity index (χ2v) is 6.01. The minimum absolute atomic E-state index is 0.0479. The Morgan fingerprint density at radius 2 is 1.85 bits per heavy atom. The Hall–Kier alpha value is -3.02. The lowest BCUT2D eigenvalue weighted by molar-refractivity contribution is -0.128. The van der Waals surface area contributed by atoms with E-state index in [-0.39, 0.29) is 12.5 Å². The van der Waals surface area contributed by atoms with Crippen LogP contribution < -0.4 is 15.4 Å². The molecule has 6 nitrogen and oxygen atoms in total. The summed E-state index contributed by atoms with van der Waals surface area (Å²) in [6, 6.07) is 16.6. The average molecular weight is 355 g/mol. The van der Waals surface area contributed by atoms with Gasteiger partial charge in [0.05, 0.1) is 13.2 Å². The van der Waals surface area contributed by atoms with Gasteiger partial charge < -0.3 is 20.3 Å². The molecular weight excluding hydrogens is 330 g/mol. The largest absolute Gasteiger partial charge is 0.494 e. The van der Waals surface area contributed by atoms with Crippen molar-refractivity contribution in [1.29, 1.82) is 0 Å². The molecule has 0 heterocycles. The molecule has 26 heavy (non-hydrogen) atoms. The van der Waals surface area contributed by atoms with Gasteiger partial charge in [-0.2, -0.15) is 0 Å². The number of hydrogen-bond acceptors (Lipinski definition) is 3. The number of hydrogen-bond donors (Lipinski definition) is 2. The van der Waals surface area contributed by atoms with E-state index in [1.54, 1.807) is 18.0 Å². The van der Waals surface area contributed by atoms with Gasteiger partial charge in [0.1, 0.15) is 5.75 Å². The molecule has 0 saturated heterocycles. The number of anilines is 1. The molecule has 0 spiro atoms. The van der Waals surface area contributed by atoms with Gasteiger partial charge in [-0.05, 0) is 43.2 Å². The van der Waals surface area contributed by atoms with Crippen LogP contribution in [-0.4, -0.2) is 43.6 Å². The third-order valence-corrected chi connectivity index (χ3v) is 3.75. The zero-order valence-corrected chi connectivity index (χ0v) is 15.2. The van der Waals surface area contributed by atoms with Crippen molar-refractivity contribution in [3.05, 3.63) is 60.2 Å². The molecule has 0 radical (unpaired) electrons. The maximum atomic E-state index is 12.1. The van der Waals surface area contributed by atoms with Gasteiger partial charge in [0.2, 0.25) is 5.91 Å². The van der Waals surface area contributed by atoms with E-state index < -0.39 is 6.03 Å². The van der Waals surface area contributed by atoms with Crippen LogP contribution in [0.1, 0.15) is 12.0 Å². The summed E-state index contributed by atoms with van der Waals surface area (Å²) in [4.78, 5) is 25.5. The van der Waals surface area contributed by atoms with Gasteiger partial charge in [-0.15, -0.1) is 0 Å². The van der Waals surface area contributed by atoms with Crippen LogP contribution in [0.5, 0.6) is 5.75 Å². The predicted molar refractivity (Wildman–Crippen MR) is 102 cm³/mol. The molecule has 0 fully saturated rings. The van der Waals surface area contributed by atoms with Gasteiger partial charge in [-0.1, -0.05) is 30.3 Å². The minimum Gasteiger partial charge on any atom is -0.494 e. The SMILES string of the molecule is Cc1cccc(NC(=O)NCC(=O)N(C)CCCOc2ccccc2)c1. The molecule has 2 aromatic rings. The topological polar surface area (TPSA) is 70.7 Å². The van der Waals surface area contributed by atoms with Crippen LogP contribution in [0.15, 0.2) is 54.6 Å². The minimum atomic E-state index is -0.398. The first-order valence-corrected chi connectivity index (χ1v) is 8.58. The van der Waals surface area contributed by atoms with Crippen LogP contribution in [0.3, 0.4) is 0 Å². The van der Waals surface area contributed by atoms with Crippen molar-refractivity contribution in [3.8, 4) is 5.75 Å². The molecule has 0 aromatic heterocycles. The van der Waals surface area contributed by atoms with Crippen LogP contribution in [-0.2, 0) is 4.79 Å². The van der Waals surface area contributed by atoms with Crippen LogP contribution in [0.2, 0.25) is 0 Å². The van der Waals surface area contributed by atoms with Crippen molar-refractivity contribution >= 4 is 17.6 Å². The normalized spacial score (nSPS) is 10.1. The van der Waals surface area contributed by atoms with Crippen LogP contribution in [0.4, 0.5) is 10.5 Å². The second kappa shape index (κ2) is 10.1. The summed E-state index contributed by atoms with van der Waals surface area (Å²) in [5, 5.41) is 5.28. The van der Waals surface area contributed by atoms with Gasteiger partial charge in [0.15, 0.2) is 0 Å². The first kappa shape index (κ1) is 19.3. The molecule has 138 valence electrons. The van der Waals surface area contributed by atoms with E-state index in [4.69, 9.17) is 4.74 Å². The fourth-order valence-electron chi connectivity index (χ4n) is 2.32. The van der Waals surface area contributed by atoms with Crippen molar-refractivity contribution in [2.75, 3.05) is 32.1 Å². The number of urea groups is 1. The number of para-hydroxylation sites is 1. The molecular formula is C20H25N3O3. The molecule has 0 bridgehead atoms. The summed E-state index contributed by atoms with van der Waals surface area (Å²) >= 11 is 0. The zero-order valence-electron chi connectivity index (χ0n) is 15.2. The molecule has 0 saturated carbocycles. The highest BCUT2D eigenvalue weighted by molar-refractivity contribution is 5.92. The zero-order chi connectivity index (χ0) is 18.8. The highest BCUT2D eigenvalue weighted by Crippen LogP contribution is 2.09. The van der Waals surface area contributed by atoms with Gasteiger partial charge in [-0.3, -0.25) is 4.79 Å². The molecule has 0 aliphatic carbocycles. The fourth-order valence-corrected chi connectivity index (χ4v) is 2.32. The summed E-state index contributed by atoms with van der Waals surface area (Å²) in [6.45, 7) is 2.99. The third kappa shape index (κ3) is 6.84. The van der Waals surface area contributed by atoms with E-state index >= 15 is 0 Å². The first-order chi connectivity index (χ1) is 12.5. The van der Waals surface area contributed by atoms with Crippen LogP contribution in [0, 0.1) is 6.92 Å². The van der Waals surface area contributed by atoms with E-state index in [9.17, 15) is 9.59 Å². The Labute approximate surface area is 154 Å². The lowest BCUT2D eigenvalue weighted by Crippen LogP contribution is -2.40. The molecule has 2 rings (SSSR count). The molecule has 0 atom stereocenters. The first-order valence-electron chi connectivity index (χ1n) is 8.58. The highest BCUT2D eigenvalue weighted by atomic mass is 16.5. The Bertz CT molecular complexity index is 719. The molecule has 0 unspecified atom stereocenters. The Morgan fingerprint density at radius 1 is 1.08 bits per heavy atom. The average Bonchev–Trinajstić information content (AvgIpc) is 2.64. The number of likely N-dealkylation sites (N-methyl/N-ethyl adjacent to an activating group) is 1. The molecule has 0 aliphatic heterocycles. The summed E-state index contributed by atoms with van der Waals surface area (Å²) < 4.78 is 5.59. The van der Waals surface area contributed by atoms with E-state index in [0.29, 0.717) is 25.3 Å². The number of aryl methyl sites for hydroxylation is 1. The summed E-state index contributed by atoms with van der Waals surface area (Å²) in [6.07, 6.45) is 0.715.